The highest BCUT2D eigenvalue weighted by atomic mass is 14.9. The van der Waals surface area contributed by atoms with Crippen molar-refractivity contribution < 1.29 is 0 Å². The summed E-state index contributed by atoms with van der Waals surface area (Å²) >= 11 is 0. The van der Waals surface area contributed by atoms with Crippen LogP contribution in [0.5, 0.6) is 0 Å². The maximum absolute atomic E-state index is 3.29. The van der Waals surface area contributed by atoms with Gasteiger partial charge in [-0.05, 0) is 26.0 Å². The van der Waals surface area contributed by atoms with Gasteiger partial charge in [0.1, 0.15) is 0 Å². The van der Waals surface area contributed by atoms with E-state index < -0.39 is 0 Å². The molecule has 1 aliphatic heterocycles. The molecular weight excluding hydrogens is 124 g/mol. The van der Waals surface area contributed by atoms with Crippen molar-refractivity contribution in [1.29, 1.82) is 0 Å². The highest BCUT2D eigenvalue weighted by Crippen LogP contribution is 2.05. The van der Waals surface area contributed by atoms with E-state index in [4.69, 9.17) is 0 Å². The molecule has 0 aromatic carbocycles. The van der Waals surface area contributed by atoms with Gasteiger partial charge >= 0.3 is 0 Å². The Morgan fingerprint density at radius 3 is 2.80 bits per heavy atom. The first kappa shape index (κ1) is 7.19. The molecule has 2 N–H and O–H groups in total. The number of hydrogen-bond acceptors (Lipinski definition) is 2. The summed E-state index contributed by atoms with van der Waals surface area (Å²) in [6.07, 6.45) is 4.26. The van der Waals surface area contributed by atoms with E-state index in [1.54, 1.807) is 0 Å². The molecule has 10 heavy (non-hydrogen) atoms. The monoisotopic (exact) mass is 138 g/mol. The van der Waals surface area contributed by atoms with Gasteiger partial charge in [-0.15, -0.1) is 0 Å². The molecule has 0 saturated heterocycles. The summed E-state index contributed by atoms with van der Waals surface area (Å²) in [5.74, 6) is 0. The van der Waals surface area contributed by atoms with Crippen LogP contribution in [0.25, 0.3) is 0 Å². The summed E-state index contributed by atoms with van der Waals surface area (Å²) in [4.78, 5) is 0. The Balaban J connectivity index is 2.72. The van der Waals surface area contributed by atoms with Crippen LogP contribution in [-0.4, -0.2) is 13.1 Å². The van der Waals surface area contributed by atoms with Gasteiger partial charge in [-0.1, -0.05) is 0 Å². The van der Waals surface area contributed by atoms with Crippen LogP contribution in [0.2, 0.25) is 0 Å². The topological polar surface area (TPSA) is 24.1 Å². The molecule has 1 atom stereocenters. The Morgan fingerprint density at radius 2 is 2.30 bits per heavy atom. The van der Waals surface area contributed by atoms with Crippen LogP contribution in [0.15, 0.2) is 23.5 Å². The highest BCUT2D eigenvalue weighted by Gasteiger charge is 2.04. The van der Waals surface area contributed by atoms with Crippen molar-refractivity contribution in [3.05, 3.63) is 23.5 Å². The van der Waals surface area contributed by atoms with Crippen molar-refractivity contribution in [2.24, 2.45) is 0 Å². The predicted octanol–water partition coefficient (Wildman–Crippen LogP) is 0.985. The summed E-state index contributed by atoms with van der Waals surface area (Å²) < 4.78 is 0. The van der Waals surface area contributed by atoms with E-state index in [0.717, 1.165) is 0 Å². The number of likely N-dealkylation sites (N-methyl/N-ethyl adjacent to an activating group) is 1. The number of rotatable bonds is 1. The van der Waals surface area contributed by atoms with Gasteiger partial charge in [-0.25, -0.2) is 0 Å². The number of dihydropyridines is 1. The molecule has 0 aromatic heterocycles. The number of nitrogens with one attached hydrogen (secondary N) is 2. The van der Waals surface area contributed by atoms with Crippen LogP contribution in [0.4, 0.5) is 0 Å². The van der Waals surface area contributed by atoms with Gasteiger partial charge in [0.05, 0.1) is 0 Å². The molecule has 56 valence electrons. The zero-order valence-corrected chi connectivity index (χ0v) is 6.73. The fourth-order valence-electron chi connectivity index (χ4n) is 1.15. The fraction of sp³-hybridized carbons (Fsp3) is 0.500. The van der Waals surface area contributed by atoms with Crippen molar-refractivity contribution >= 4 is 0 Å². The van der Waals surface area contributed by atoms with Crippen molar-refractivity contribution in [3.8, 4) is 0 Å². The first-order valence-corrected chi connectivity index (χ1v) is 3.57. The largest absolute Gasteiger partial charge is 0.388 e. The molecule has 0 fully saturated rings. The van der Waals surface area contributed by atoms with Gasteiger partial charge < -0.3 is 10.6 Å². The van der Waals surface area contributed by atoms with Gasteiger partial charge in [0.15, 0.2) is 0 Å². The second-order valence-corrected chi connectivity index (χ2v) is 2.63. The van der Waals surface area contributed by atoms with E-state index in [-0.39, 0.29) is 0 Å². The van der Waals surface area contributed by atoms with Gasteiger partial charge in [0, 0.05) is 24.5 Å². The first-order valence-electron chi connectivity index (χ1n) is 3.57. The van der Waals surface area contributed by atoms with Crippen LogP contribution < -0.4 is 10.6 Å². The molecule has 0 amide bonds. The predicted molar refractivity (Wildman–Crippen MR) is 43.5 cm³/mol. The molecule has 2 heteroatoms. The third kappa shape index (κ3) is 1.53. The molecule has 1 unspecified atom stereocenters. The van der Waals surface area contributed by atoms with Gasteiger partial charge in [0.25, 0.3) is 0 Å². The molecule has 1 aliphatic rings. The molecule has 1 rings (SSSR count). The molecule has 0 aliphatic carbocycles. The van der Waals surface area contributed by atoms with Gasteiger partial charge in [0.2, 0.25) is 0 Å². The minimum absolute atomic E-state index is 0.451. The molecule has 1 heterocycles. The summed E-state index contributed by atoms with van der Waals surface area (Å²) in [5.41, 5.74) is 2.42. The summed E-state index contributed by atoms with van der Waals surface area (Å²) in [6.45, 7) is 4.20. The molecule has 0 aromatic rings. The quantitative estimate of drug-likeness (QED) is 0.564. The van der Waals surface area contributed by atoms with Crippen LogP contribution in [0.1, 0.15) is 13.8 Å². The molecule has 0 bridgehead atoms. The Bertz CT molecular complexity index is 180. The minimum atomic E-state index is 0.451. The third-order valence-electron chi connectivity index (χ3n) is 1.55. The highest BCUT2D eigenvalue weighted by molar-refractivity contribution is 5.26. The lowest BCUT2D eigenvalue weighted by Gasteiger charge is -2.18. The SMILES string of the molecule is CNC1=CC(C)NC(C)=C1. The smallest absolute Gasteiger partial charge is 0.0435 e. The molecule has 0 spiro atoms. The second kappa shape index (κ2) is 2.78. The summed E-state index contributed by atoms with van der Waals surface area (Å²) in [6, 6.07) is 0.451. The van der Waals surface area contributed by atoms with Crippen LogP contribution in [0.3, 0.4) is 0 Å². The van der Waals surface area contributed by atoms with Crippen molar-refractivity contribution in [2.75, 3.05) is 7.05 Å². The Kier molecular flexibility index (Phi) is 2.00. The normalized spacial score (nSPS) is 24.5. The van der Waals surface area contributed by atoms with Crippen LogP contribution in [-0.2, 0) is 0 Å². The maximum Gasteiger partial charge on any atom is 0.0435 e. The molecule has 0 saturated carbocycles. The van der Waals surface area contributed by atoms with Crippen molar-refractivity contribution in [1.82, 2.24) is 10.6 Å². The zero-order valence-electron chi connectivity index (χ0n) is 6.73. The Morgan fingerprint density at radius 1 is 1.60 bits per heavy atom. The Hall–Kier alpha value is -0.920. The van der Waals surface area contributed by atoms with Crippen molar-refractivity contribution in [3.63, 3.8) is 0 Å². The third-order valence-corrected chi connectivity index (χ3v) is 1.55. The maximum atomic E-state index is 3.29. The van der Waals surface area contributed by atoms with E-state index in [0.29, 0.717) is 6.04 Å². The number of hydrogen-bond donors (Lipinski definition) is 2. The van der Waals surface area contributed by atoms with E-state index in [1.807, 2.05) is 7.05 Å². The molecule has 0 radical (unpaired) electrons. The lowest BCUT2D eigenvalue weighted by molar-refractivity contribution is 0.701. The van der Waals surface area contributed by atoms with E-state index >= 15 is 0 Å². The first-order chi connectivity index (χ1) is 4.72. The fourth-order valence-corrected chi connectivity index (χ4v) is 1.15. The summed E-state index contributed by atoms with van der Waals surface area (Å²) in [7, 11) is 1.94. The lowest BCUT2D eigenvalue weighted by Crippen LogP contribution is -2.27. The van der Waals surface area contributed by atoms with E-state index in [9.17, 15) is 0 Å². The second-order valence-electron chi connectivity index (χ2n) is 2.63. The Labute approximate surface area is 62.0 Å². The minimum Gasteiger partial charge on any atom is -0.388 e. The molecular formula is C8H14N2. The van der Waals surface area contributed by atoms with Crippen LogP contribution >= 0.6 is 0 Å². The molecule has 2 nitrogen and oxygen atoms in total. The van der Waals surface area contributed by atoms with Crippen molar-refractivity contribution in [2.45, 2.75) is 19.9 Å². The standard InChI is InChI=1S/C8H14N2/c1-6-4-8(9-3)5-7(2)10-6/h4-6,9-10H,1-3H3. The van der Waals surface area contributed by atoms with E-state index in [1.165, 1.54) is 11.4 Å². The van der Waals surface area contributed by atoms with Gasteiger partial charge in [-0.2, -0.15) is 0 Å². The number of allylic oxidation sites excluding steroid dienone is 2. The summed E-state index contributed by atoms with van der Waals surface area (Å²) in [5, 5.41) is 6.40. The lowest BCUT2D eigenvalue weighted by atomic mass is 10.2. The van der Waals surface area contributed by atoms with E-state index in [2.05, 4.69) is 36.6 Å². The average molecular weight is 138 g/mol. The van der Waals surface area contributed by atoms with Gasteiger partial charge in [-0.3, -0.25) is 0 Å². The average Bonchev–Trinajstić information content (AvgIpc) is 1.85. The van der Waals surface area contributed by atoms with Crippen LogP contribution in [0, 0.1) is 0 Å². The zero-order chi connectivity index (χ0) is 7.56.